The van der Waals surface area contributed by atoms with Crippen LogP contribution in [0.4, 0.5) is 0 Å². The molecule has 2 fully saturated rings. The Kier molecular flexibility index (Phi) is 3.59. The molecule has 2 aliphatic rings. The molecule has 3 unspecified atom stereocenters. The van der Waals surface area contributed by atoms with Crippen molar-refractivity contribution in [2.75, 3.05) is 13.2 Å². The van der Waals surface area contributed by atoms with Crippen LogP contribution in [-0.4, -0.2) is 30.8 Å². The van der Waals surface area contributed by atoms with Crippen LogP contribution in [0.1, 0.15) is 39.5 Å². The molecule has 0 spiro atoms. The van der Waals surface area contributed by atoms with E-state index in [-0.39, 0.29) is 5.41 Å². The van der Waals surface area contributed by atoms with Gasteiger partial charge in [-0.1, -0.05) is 13.8 Å². The van der Waals surface area contributed by atoms with Crippen molar-refractivity contribution in [3.8, 4) is 0 Å². The summed E-state index contributed by atoms with van der Waals surface area (Å²) in [5, 5.41) is 0.305. The molecule has 3 heteroatoms. The fourth-order valence-electron chi connectivity index (χ4n) is 2.89. The first-order valence-electron chi connectivity index (χ1n) is 6.10. The highest BCUT2D eigenvalue weighted by molar-refractivity contribution is 6.21. The fraction of sp³-hybridized carbons (Fsp3) is 1.00. The van der Waals surface area contributed by atoms with Gasteiger partial charge < -0.3 is 9.47 Å². The van der Waals surface area contributed by atoms with E-state index in [9.17, 15) is 0 Å². The fourth-order valence-corrected chi connectivity index (χ4v) is 3.50. The predicted octanol–water partition coefficient (Wildman–Crippen LogP) is 2.98. The molecule has 1 saturated heterocycles. The molecule has 88 valence electrons. The quantitative estimate of drug-likeness (QED) is 0.694. The Labute approximate surface area is 97.3 Å². The van der Waals surface area contributed by atoms with Crippen molar-refractivity contribution in [2.45, 2.75) is 57.1 Å². The van der Waals surface area contributed by atoms with Gasteiger partial charge in [0.25, 0.3) is 0 Å². The lowest BCUT2D eigenvalue weighted by Gasteiger charge is -2.53. The van der Waals surface area contributed by atoms with Gasteiger partial charge in [-0.25, -0.2) is 0 Å². The molecule has 0 aromatic heterocycles. The monoisotopic (exact) mass is 232 g/mol. The van der Waals surface area contributed by atoms with E-state index in [1.165, 1.54) is 0 Å². The van der Waals surface area contributed by atoms with Crippen LogP contribution >= 0.6 is 11.6 Å². The van der Waals surface area contributed by atoms with Crippen LogP contribution in [0.3, 0.4) is 0 Å². The molecule has 1 saturated carbocycles. The summed E-state index contributed by atoms with van der Waals surface area (Å²) in [5.41, 5.74) is 0.226. The Morgan fingerprint density at radius 2 is 2.13 bits per heavy atom. The third-order valence-corrected chi connectivity index (χ3v) is 4.86. The van der Waals surface area contributed by atoms with Gasteiger partial charge in [0.05, 0.1) is 18.8 Å². The lowest BCUT2D eigenvalue weighted by atomic mass is 9.62. The second-order valence-corrected chi connectivity index (χ2v) is 5.28. The summed E-state index contributed by atoms with van der Waals surface area (Å²) >= 11 is 6.34. The smallest absolute Gasteiger partial charge is 0.0834 e. The minimum atomic E-state index is 0.226. The summed E-state index contributed by atoms with van der Waals surface area (Å²) in [6.07, 6.45) is 4.98. The Morgan fingerprint density at radius 1 is 1.40 bits per heavy atom. The van der Waals surface area contributed by atoms with Crippen LogP contribution in [0, 0.1) is 5.41 Å². The van der Waals surface area contributed by atoms with Gasteiger partial charge in [0.1, 0.15) is 0 Å². The standard InChI is InChI=1S/C12H21ClO2/c1-3-12(4-2)10(13)7-11(12)15-9-5-6-14-8-9/h9-11H,3-8H2,1-2H3. The van der Waals surface area contributed by atoms with Crippen molar-refractivity contribution in [2.24, 2.45) is 5.41 Å². The summed E-state index contributed by atoms with van der Waals surface area (Å²) in [5.74, 6) is 0. The second kappa shape index (κ2) is 4.60. The van der Waals surface area contributed by atoms with E-state index in [1.807, 2.05) is 0 Å². The van der Waals surface area contributed by atoms with Crippen molar-refractivity contribution in [3.63, 3.8) is 0 Å². The van der Waals surface area contributed by atoms with Crippen LogP contribution in [0.15, 0.2) is 0 Å². The van der Waals surface area contributed by atoms with E-state index in [0.29, 0.717) is 17.6 Å². The number of rotatable bonds is 4. The van der Waals surface area contributed by atoms with Gasteiger partial charge >= 0.3 is 0 Å². The highest BCUT2D eigenvalue weighted by Crippen LogP contribution is 2.52. The number of alkyl halides is 1. The van der Waals surface area contributed by atoms with Gasteiger partial charge in [-0.2, -0.15) is 0 Å². The second-order valence-electron chi connectivity index (χ2n) is 4.75. The molecular weight excluding hydrogens is 212 g/mol. The van der Waals surface area contributed by atoms with Crippen molar-refractivity contribution >= 4 is 11.6 Å². The third-order valence-electron chi connectivity index (χ3n) is 4.25. The average molecular weight is 233 g/mol. The minimum absolute atomic E-state index is 0.226. The third kappa shape index (κ3) is 1.92. The van der Waals surface area contributed by atoms with Gasteiger partial charge in [0.15, 0.2) is 0 Å². The molecule has 15 heavy (non-hydrogen) atoms. The van der Waals surface area contributed by atoms with Crippen LogP contribution in [0.25, 0.3) is 0 Å². The lowest BCUT2D eigenvalue weighted by molar-refractivity contribution is -0.142. The summed E-state index contributed by atoms with van der Waals surface area (Å²) in [6, 6.07) is 0. The summed E-state index contributed by atoms with van der Waals surface area (Å²) in [6.45, 7) is 6.07. The first-order valence-corrected chi connectivity index (χ1v) is 6.54. The zero-order valence-corrected chi connectivity index (χ0v) is 10.4. The molecule has 0 aromatic rings. The van der Waals surface area contributed by atoms with Crippen molar-refractivity contribution in [1.29, 1.82) is 0 Å². The Bertz CT molecular complexity index is 210. The largest absolute Gasteiger partial charge is 0.379 e. The maximum absolute atomic E-state index is 6.34. The predicted molar refractivity (Wildman–Crippen MR) is 61.4 cm³/mol. The molecule has 1 aliphatic heterocycles. The molecule has 0 N–H and O–H groups in total. The Morgan fingerprint density at radius 3 is 2.60 bits per heavy atom. The molecule has 2 rings (SSSR count). The van der Waals surface area contributed by atoms with Crippen LogP contribution < -0.4 is 0 Å². The van der Waals surface area contributed by atoms with Gasteiger partial charge in [-0.05, 0) is 25.7 Å². The van der Waals surface area contributed by atoms with Crippen LogP contribution in [-0.2, 0) is 9.47 Å². The number of hydrogen-bond donors (Lipinski definition) is 0. The normalized spacial score (nSPS) is 39.0. The molecule has 0 amide bonds. The van der Waals surface area contributed by atoms with E-state index < -0.39 is 0 Å². The van der Waals surface area contributed by atoms with Crippen molar-refractivity contribution < 1.29 is 9.47 Å². The van der Waals surface area contributed by atoms with Gasteiger partial charge in [-0.15, -0.1) is 11.6 Å². The van der Waals surface area contributed by atoms with Gasteiger partial charge in [0, 0.05) is 17.4 Å². The topological polar surface area (TPSA) is 18.5 Å². The molecule has 0 aromatic carbocycles. The van der Waals surface area contributed by atoms with Gasteiger partial charge in [-0.3, -0.25) is 0 Å². The van der Waals surface area contributed by atoms with E-state index >= 15 is 0 Å². The Hall–Kier alpha value is 0.210. The minimum Gasteiger partial charge on any atom is -0.379 e. The average Bonchev–Trinajstić information content (AvgIpc) is 2.72. The molecule has 1 aliphatic carbocycles. The first-order chi connectivity index (χ1) is 7.23. The van der Waals surface area contributed by atoms with Crippen LogP contribution in [0.5, 0.6) is 0 Å². The zero-order valence-electron chi connectivity index (χ0n) is 9.67. The van der Waals surface area contributed by atoms with E-state index in [1.54, 1.807) is 0 Å². The van der Waals surface area contributed by atoms with E-state index in [4.69, 9.17) is 21.1 Å². The maximum Gasteiger partial charge on any atom is 0.0834 e. The summed E-state index contributed by atoms with van der Waals surface area (Å²) in [7, 11) is 0. The van der Waals surface area contributed by atoms with E-state index in [0.717, 1.165) is 38.9 Å². The number of hydrogen-bond acceptors (Lipinski definition) is 2. The number of ether oxygens (including phenoxy) is 2. The molecule has 3 atom stereocenters. The van der Waals surface area contributed by atoms with Crippen molar-refractivity contribution in [3.05, 3.63) is 0 Å². The lowest BCUT2D eigenvalue weighted by Crippen LogP contribution is -2.56. The first kappa shape index (κ1) is 11.7. The van der Waals surface area contributed by atoms with Crippen LogP contribution in [0.2, 0.25) is 0 Å². The summed E-state index contributed by atoms with van der Waals surface area (Å²) in [4.78, 5) is 0. The highest BCUT2D eigenvalue weighted by atomic mass is 35.5. The molecule has 1 heterocycles. The Balaban J connectivity index is 1.92. The molecule has 0 radical (unpaired) electrons. The zero-order chi connectivity index (χ0) is 10.9. The number of halogens is 1. The molecule has 2 nitrogen and oxygen atoms in total. The SMILES string of the molecule is CCC1(CC)C(Cl)CC1OC1CCOC1. The highest BCUT2D eigenvalue weighted by Gasteiger charge is 2.53. The molecule has 0 bridgehead atoms. The molecular formula is C12H21ClO2. The maximum atomic E-state index is 6.34. The van der Waals surface area contributed by atoms with E-state index in [2.05, 4.69) is 13.8 Å². The summed E-state index contributed by atoms with van der Waals surface area (Å²) < 4.78 is 11.4. The van der Waals surface area contributed by atoms with Crippen molar-refractivity contribution in [1.82, 2.24) is 0 Å². The van der Waals surface area contributed by atoms with Gasteiger partial charge in [0.2, 0.25) is 0 Å².